The second-order valence-electron chi connectivity index (χ2n) is 11.5. The Morgan fingerprint density at radius 3 is 2.00 bits per heavy atom. The molecule has 35 heavy (non-hydrogen) atoms. The molecule has 0 amide bonds. The normalized spacial score (nSPS) is 25.9. The quantitative estimate of drug-likeness (QED) is 0.568. The molecule has 1 aliphatic heterocycles. The molecule has 3 aliphatic carbocycles. The van der Waals surface area contributed by atoms with Gasteiger partial charge in [0, 0.05) is 32.8 Å². The number of aromatic nitrogens is 4. The van der Waals surface area contributed by atoms with E-state index in [9.17, 15) is 9.59 Å². The highest BCUT2D eigenvalue weighted by Gasteiger charge is 2.31. The zero-order valence-electron chi connectivity index (χ0n) is 21.0. The average molecular weight is 485 g/mol. The fourth-order valence-electron chi connectivity index (χ4n) is 5.98. The molecule has 9 nitrogen and oxygen atoms in total. The lowest BCUT2D eigenvalue weighted by molar-refractivity contribution is 0.0544. The molecule has 2 aromatic rings. The van der Waals surface area contributed by atoms with Gasteiger partial charge in [-0.2, -0.15) is 4.98 Å². The van der Waals surface area contributed by atoms with E-state index in [2.05, 4.69) is 15.2 Å². The SMILES string of the molecule is COC1CCC(Cn2c(NC3CCNCC3)nc3c2c(=O)n(CC2CC2)c(=O)n3CC2CC2)CC1. The predicted octanol–water partition coefficient (Wildman–Crippen LogP) is 2.55. The third-order valence-electron chi connectivity index (χ3n) is 8.63. The van der Waals surface area contributed by atoms with E-state index < -0.39 is 0 Å². The number of ether oxygens (including phenoxy) is 1. The van der Waals surface area contributed by atoms with Crippen molar-refractivity contribution in [1.29, 1.82) is 0 Å². The fourth-order valence-corrected chi connectivity index (χ4v) is 5.98. The number of nitrogens with one attached hydrogen (secondary N) is 2. The minimum absolute atomic E-state index is 0.152. The Balaban J connectivity index is 1.43. The second-order valence-corrected chi connectivity index (χ2v) is 11.5. The summed E-state index contributed by atoms with van der Waals surface area (Å²) in [7, 11) is 1.80. The van der Waals surface area contributed by atoms with Crippen molar-refractivity contribution in [2.75, 3.05) is 25.5 Å². The first-order valence-electron chi connectivity index (χ1n) is 13.8. The monoisotopic (exact) mass is 484 g/mol. The highest BCUT2D eigenvalue weighted by Crippen LogP contribution is 2.33. The Hall–Kier alpha value is -2.13. The van der Waals surface area contributed by atoms with Crippen LogP contribution >= 0.6 is 0 Å². The zero-order chi connectivity index (χ0) is 23.9. The lowest BCUT2D eigenvalue weighted by atomic mass is 9.87. The van der Waals surface area contributed by atoms with Crippen molar-refractivity contribution < 1.29 is 4.74 Å². The molecule has 3 heterocycles. The van der Waals surface area contributed by atoms with Gasteiger partial charge < -0.3 is 19.9 Å². The zero-order valence-corrected chi connectivity index (χ0v) is 21.0. The molecule has 2 N–H and O–H groups in total. The van der Waals surface area contributed by atoms with Gasteiger partial charge in [0.15, 0.2) is 11.2 Å². The standard InChI is InChI=1S/C26H40N6O3/c1-35-21-8-6-19(7-9-21)14-30-22-23(29-25(30)28-20-10-12-27-13-11-20)31(15-17-2-3-17)26(34)32(24(22)33)16-18-4-5-18/h17-21,27H,2-16H2,1H3,(H,28,29). The second kappa shape index (κ2) is 9.73. The first-order valence-corrected chi connectivity index (χ1v) is 13.8. The maximum Gasteiger partial charge on any atom is 0.332 e. The van der Waals surface area contributed by atoms with Gasteiger partial charge in [-0.05, 0) is 95.1 Å². The molecule has 9 heteroatoms. The fraction of sp³-hybridized carbons (Fsp3) is 0.808. The van der Waals surface area contributed by atoms with Crippen molar-refractivity contribution in [1.82, 2.24) is 24.0 Å². The van der Waals surface area contributed by atoms with E-state index in [1.165, 1.54) is 4.57 Å². The van der Waals surface area contributed by atoms with Crippen LogP contribution in [0.15, 0.2) is 9.59 Å². The Morgan fingerprint density at radius 2 is 1.40 bits per heavy atom. The van der Waals surface area contributed by atoms with Crippen LogP contribution in [0.25, 0.3) is 11.2 Å². The van der Waals surface area contributed by atoms with Crippen LogP contribution in [0.3, 0.4) is 0 Å². The minimum atomic E-state index is -0.167. The molecule has 0 radical (unpaired) electrons. The third-order valence-corrected chi connectivity index (χ3v) is 8.63. The van der Waals surface area contributed by atoms with Gasteiger partial charge in [-0.25, -0.2) is 4.79 Å². The summed E-state index contributed by atoms with van der Waals surface area (Å²) in [6.45, 7) is 3.95. The molecule has 0 bridgehead atoms. The summed E-state index contributed by atoms with van der Waals surface area (Å²) in [5.74, 6) is 2.23. The molecular weight excluding hydrogens is 444 g/mol. The Labute approximate surface area is 206 Å². The summed E-state index contributed by atoms with van der Waals surface area (Å²) in [6.07, 6.45) is 11.2. The molecule has 6 rings (SSSR count). The predicted molar refractivity (Wildman–Crippen MR) is 136 cm³/mol. The van der Waals surface area contributed by atoms with Crippen molar-refractivity contribution in [2.45, 2.75) is 96.0 Å². The van der Waals surface area contributed by atoms with E-state index in [4.69, 9.17) is 9.72 Å². The summed E-state index contributed by atoms with van der Waals surface area (Å²) >= 11 is 0. The van der Waals surface area contributed by atoms with Crippen molar-refractivity contribution in [3.63, 3.8) is 0 Å². The van der Waals surface area contributed by atoms with Gasteiger partial charge in [-0.1, -0.05) is 0 Å². The number of anilines is 1. The van der Waals surface area contributed by atoms with Crippen LogP contribution in [0.5, 0.6) is 0 Å². The highest BCUT2D eigenvalue weighted by molar-refractivity contribution is 5.74. The van der Waals surface area contributed by atoms with Crippen LogP contribution in [0.2, 0.25) is 0 Å². The Bertz CT molecular complexity index is 1160. The number of piperidine rings is 1. The summed E-state index contributed by atoms with van der Waals surface area (Å²) in [5, 5.41) is 7.11. The lowest BCUT2D eigenvalue weighted by Crippen LogP contribution is -2.41. The molecule has 1 saturated heterocycles. The topological polar surface area (TPSA) is 95.1 Å². The summed E-state index contributed by atoms with van der Waals surface area (Å²) in [5.41, 5.74) is 0.887. The number of hydrogen-bond acceptors (Lipinski definition) is 6. The molecule has 4 aliphatic rings. The van der Waals surface area contributed by atoms with Crippen molar-refractivity contribution >= 4 is 17.1 Å². The van der Waals surface area contributed by atoms with E-state index in [1.54, 1.807) is 7.11 Å². The van der Waals surface area contributed by atoms with Crippen molar-refractivity contribution in [3.8, 4) is 0 Å². The molecular formula is C26H40N6O3. The molecule has 0 aromatic carbocycles. The van der Waals surface area contributed by atoms with Crippen LogP contribution in [0.4, 0.5) is 5.95 Å². The van der Waals surface area contributed by atoms with Gasteiger partial charge in [0.25, 0.3) is 5.56 Å². The lowest BCUT2D eigenvalue weighted by Gasteiger charge is -2.29. The van der Waals surface area contributed by atoms with Crippen LogP contribution in [-0.2, 0) is 24.4 Å². The van der Waals surface area contributed by atoms with E-state index in [-0.39, 0.29) is 11.2 Å². The molecule has 0 atom stereocenters. The number of methoxy groups -OCH3 is 1. The summed E-state index contributed by atoms with van der Waals surface area (Å²) in [6, 6.07) is 0.327. The first-order chi connectivity index (χ1) is 17.1. The average Bonchev–Trinajstić information content (AvgIpc) is 3.81. The smallest absolute Gasteiger partial charge is 0.332 e. The number of nitrogens with zero attached hydrogens (tertiary/aromatic N) is 4. The molecule has 0 unspecified atom stereocenters. The maximum atomic E-state index is 13.9. The van der Waals surface area contributed by atoms with Gasteiger partial charge in [-0.15, -0.1) is 0 Å². The molecule has 4 fully saturated rings. The first kappa shape index (κ1) is 23.3. The maximum absolute atomic E-state index is 13.9. The van der Waals surface area contributed by atoms with Crippen molar-refractivity contribution in [2.24, 2.45) is 17.8 Å². The number of rotatable bonds is 9. The van der Waals surface area contributed by atoms with Gasteiger partial charge in [0.1, 0.15) is 0 Å². The molecule has 0 spiro atoms. The number of hydrogen-bond donors (Lipinski definition) is 2. The van der Waals surface area contributed by atoms with E-state index in [1.807, 2.05) is 4.57 Å². The largest absolute Gasteiger partial charge is 0.381 e. The summed E-state index contributed by atoms with van der Waals surface area (Å²) in [4.78, 5) is 32.4. The van der Waals surface area contributed by atoms with Gasteiger partial charge in [-0.3, -0.25) is 13.9 Å². The van der Waals surface area contributed by atoms with Crippen molar-refractivity contribution in [3.05, 3.63) is 20.8 Å². The summed E-state index contributed by atoms with van der Waals surface area (Å²) < 4.78 is 11.1. The van der Waals surface area contributed by atoms with Crippen LogP contribution in [-0.4, -0.2) is 51.0 Å². The van der Waals surface area contributed by atoms with Crippen LogP contribution in [0.1, 0.15) is 64.2 Å². The van der Waals surface area contributed by atoms with Crippen LogP contribution in [0, 0.1) is 17.8 Å². The third kappa shape index (κ3) is 4.94. The highest BCUT2D eigenvalue weighted by atomic mass is 16.5. The molecule has 2 aromatic heterocycles. The number of fused-ring (bicyclic) bond motifs is 1. The number of imidazole rings is 1. The van der Waals surface area contributed by atoms with Gasteiger partial charge in [0.05, 0.1) is 6.10 Å². The van der Waals surface area contributed by atoms with Gasteiger partial charge in [0.2, 0.25) is 5.95 Å². The van der Waals surface area contributed by atoms with E-state index in [0.29, 0.717) is 54.2 Å². The minimum Gasteiger partial charge on any atom is -0.381 e. The molecule has 3 saturated carbocycles. The molecule has 192 valence electrons. The van der Waals surface area contributed by atoms with E-state index >= 15 is 0 Å². The van der Waals surface area contributed by atoms with Gasteiger partial charge >= 0.3 is 5.69 Å². The van der Waals surface area contributed by atoms with E-state index in [0.717, 1.165) is 89.8 Å². The Kier molecular flexibility index (Phi) is 6.47. The van der Waals surface area contributed by atoms with Crippen LogP contribution < -0.4 is 21.9 Å². The Morgan fingerprint density at radius 1 is 0.829 bits per heavy atom.